The molecule has 2 aliphatic rings. The lowest BCUT2D eigenvalue weighted by molar-refractivity contribution is 0.0746. The van der Waals surface area contributed by atoms with Crippen LogP contribution < -0.4 is 9.80 Å². The predicted octanol–water partition coefficient (Wildman–Crippen LogP) is 3.48. The fraction of sp³-hybridized carbons (Fsp3) is 0.435. The van der Waals surface area contributed by atoms with E-state index in [0.29, 0.717) is 30.1 Å². The number of carbonyl (C=O) groups excluding carboxylic acids is 1. The molecule has 2 aliphatic heterocycles. The van der Waals surface area contributed by atoms with Gasteiger partial charge in [0, 0.05) is 45.0 Å². The van der Waals surface area contributed by atoms with Crippen molar-refractivity contribution in [2.24, 2.45) is 0 Å². The van der Waals surface area contributed by atoms with E-state index < -0.39 is 0 Å². The zero-order chi connectivity index (χ0) is 20.5. The molecule has 0 bridgehead atoms. The molecule has 0 aliphatic carbocycles. The second kappa shape index (κ2) is 7.97. The van der Waals surface area contributed by atoms with Gasteiger partial charge in [0.25, 0.3) is 5.91 Å². The molecule has 0 saturated carbocycles. The van der Waals surface area contributed by atoms with Crippen molar-refractivity contribution in [2.45, 2.75) is 26.2 Å². The van der Waals surface area contributed by atoms with Crippen LogP contribution in [0.25, 0.3) is 11.1 Å². The molecular formula is C23H27N5O2. The Hall–Kier alpha value is -3.09. The van der Waals surface area contributed by atoms with Crippen LogP contribution >= 0.6 is 0 Å². The van der Waals surface area contributed by atoms with Gasteiger partial charge in [-0.1, -0.05) is 18.2 Å². The van der Waals surface area contributed by atoms with E-state index >= 15 is 0 Å². The molecule has 0 unspecified atom stereocenters. The summed E-state index contributed by atoms with van der Waals surface area (Å²) in [4.78, 5) is 29.0. The van der Waals surface area contributed by atoms with Crippen molar-refractivity contribution in [1.82, 2.24) is 14.9 Å². The quantitative estimate of drug-likeness (QED) is 0.665. The first-order valence-corrected chi connectivity index (χ1v) is 10.8. The maximum atomic E-state index is 13.5. The normalized spacial score (nSPS) is 17.6. The van der Waals surface area contributed by atoms with Crippen LogP contribution in [0.2, 0.25) is 0 Å². The topological polar surface area (TPSA) is 65.7 Å². The van der Waals surface area contributed by atoms with Gasteiger partial charge in [0.05, 0.1) is 10.9 Å². The van der Waals surface area contributed by atoms with E-state index in [1.165, 1.54) is 12.1 Å². The monoisotopic (exact) mass is 405 g/mol. The van der Waals surface area contributed by atoms with E-state index in [4.69, 9.17) is 4.42 Å². The number of rotatable bonds is 3. The number of hydrogen-bond donors (Lipinski definition) is 0. The third-order valence-corrected chi connectivity index (χ3v) is 6.20. The zero-order valence-electron chi connectivity index (χ0n) is 17.4. The third kappa shape index (κ3) is 3.38. The fourth-order valence-corrected chi connectivity index (χ4v) is 4.60. The van der Waals surface area contributed by atoms with Crippen molar-refractivity contribution in [3.05, 3.63) is 48.0 Å². The third-order valence-electron chi connectivity index (χ3n) is 6.20. The first-order valence-electron chi connectivity index (χ1n) is 10.8. The average Bonchev–Trinajstić information content (AvgIpc) is 3.15. The van der Waals surface area contributed by atoms with Crippen molar-refractivity contribution >= 4 is 28.5 Å². The number of piperidine rings is 1. The summed E-state index contributed by atoms with van der Waals surface area (Å²) in [5.41, 5.74) is 2.34. The maximum Gasteiger partial charge on any atom is 0.258 e. The summed E-state index contributed by atoms with van der Waals surface area (Å²) in [5.74, 6) is 1.48. The lowest BCUT2D eigenvalue weighted by Crippen LogP contribution is -2.48. The SMILES string of the molecule is Cc1oc2ncnc(N3CCCCC3)c2c1C(=O)N1CCN(c2ccccc2)CC1. The number of benzene rings is 1. The standard InChI is InChI=1S/C23H27N5O2/c1-17-19(20-21(24-16-25-22(20)30-17)27-10-6-3-7-11-27)23(29)28-14-12-26(13-15-28)18-8-4-2-5-9-18/h2,4-5,8-9,16H,3,6-7,10-15H2,1H3. The van der Waals surface area contributed by atoms with E-state index in [9.17, 15) is 4.79 Å². The highest BCUT2D eigenvalue weighted by Gasteiger charge is 2.30. The van der Waals surface area contributed by atoms with Gasteiger partial charge in [-0.15, -0.1) is 0 Å². The highest BCUT2D eigenvalue weighted by molar-refractivity contribution is 6.10. The number of fused-ring (bicyclic) bond motifs is 1. The Kier molecular flexibility index (Phi) is 5.02. The summed E-state index contributed by atoms with van der Waals surface area (Å²) < 4.78 is 5.90. The van der Waals surface area contributed by atoms with Gasteiger partial charge in [-0.25, -0.2) is 9.97 Å². The van der Waals surface area contributed by atoms with Gasteiger partial charge in [0.2, 0.25) is 5.71 Å². The van der Waals surface area contributed by atoms with Gasteiger partial charge >= 0.3 is 0 Å². The van der Waals surface area contributed by atoms with Gasteiger partial charge in [-0.3, -0.25) is 4.79 Å². The molecule has 0 spiro atoms. The van der Waals surface area contributed by atoms with E-state index in [-0.39, 0.29) is 5.91 Å². The summed E-state index contributed by atoms with van der Waals surface area (Å²) in [6.45, 7) is 6.79. The highest BCUT2D eigenvalue weighted by Crippen LogP contribution is 2.33. The van der Waals surface area contributed by atoms with Gasteiger partial charge in [0.1, 0.15) is 17.9 Å². The number of aromatic nitrogens is 2. The Bertz CT molecular complexity index is 1030. The first kappa shape index (κ1) is 18.9. The van der Waals surface area contributed by atoms with Crippen LogP contribution in [0.4, 0.5) is 11.5 Å². The molecule has 4 heterocycles. The molecule has 2 aromatic heterocycles. The molecule has 0 radical (unpaired) electrons. The molecule has 7 heteroatoms. The van der Waals surface area contributed by atoms with E-state index in [2.05, 4.69) is 44.0 Å². The van der Waals surface area contributed by atoms with E-state index in [0.717, 1.165) is 50.2 Å². The van der Waals surface area contributed by atoms with Crippen LogP contribution in [0.3, 0.4) is 0 Å². The number of piperazine rings is 1. The van der Waals surface area contributed by atoms with Gasteiger partial charge in [0.15, 0.2) is 0 Å². The molecular weight excluding hydrogens is 378 g/mol. The minimum atomic E-state index is 0.0204. The molecule has 30 heavy (non-hydrogen) atoms. The fourth-order valence-electron chi connectivity index (χ4n) is 4.60. The van der Waals surface area contributed by atoms with Crippen molar-refractivity contribution < 1.29 is 9.21 Å². The number of amides is 1. The number of nitrogens with zero attached hydrogens (tertiary/aromatic N) is 5. The molecule has 5 rings (SSSR count). The van der Waals surface area contributed by atoms with Crippen molar-refractivity contribution in [2.75, 3.05) is 49.1 Å². The molecule has 0 atom stereocenters. The second-order valence-corrected chi connectivity index (χ2v) is 8.07. The van der Waals surface area contributed by atoms with Gasteiger partial charge < -0.3 is 19.1 Å². The van der Waals surface area contributed by atoms with Crippen LogP contribution in [-0.4, -0.2) is 60.0 Å². The molecule has 2 fully saturated rings. The second-order valence-electron chi connectivity index (χ2n) is 8.07. The molecule has 3 aromatic rings. The number of aryl methyl sites for hydroxylation is 1. The van der Waals surface area contributed by atoms with Crippen LogP contribution in [-0.2, 0) is 0 Å². The van der Waals surface area contributed by atoms with Crippen LogP contribution in [0, 0.1) is 6.92 Å². The molecule has 2 saturated heterocycles. The smallest absolute Gasteiger partial charge is 0.258 e. The minimum Gasteiger partial charge on any atom is -0.442 e. The lowest BCUT2D eigenvalue weighted by Gasteiger charge is -2.36. The first-order chi connectivity index (χ1) is 14.7. The Labute approximate surface area is 176 Å². The van der Waals surface area contributed by atoms with E-state index in [1.807, 2.05) is 17.9 Å². The Morgan fingerprint density at radius 3 is 2.37 bits per heavy atom. The zero-order valence-corrected chi connectivity index (χ0v) is 17.4. The highest BCUT2D eigenvalue weighted by atomic mass is 16.3. The Balaban J connectivity index is 1.42. The summed E-state index contributed by atoms with van der Waals surface area (Å²) in [7, 11) is 0. The summed E-state index contributed by atoms with van der Waals surface area (Å²) >= 11 is 0. The molecule has 7 nitrogen and oxygen atoms in total. The Morgan fingerprint density at radius 1 is 0.900 bits per heavy atom. The molecule has 156 valence electrons. The van der Waals surface area contributed by atoms with Crippen LogP contribution in [0.5, 0.6) is 0 Å². The van der Waals surface area contributed by atoms with Crippen molar-refractivity contribution in [3.63, 3.8) is 0 Å². The largest absolute Gasteiger partial charge is 0.442 e. The van der Waals surface area contributed by atoms with Gasteiger partial charge in [-0.05, 0) is 38.3 Å². The van der Waals surface area contributed by atoms with Crippen LogP contribution in [0.15, 0.2) is 41.1 Å². The summed E-state index contributed by atoms with van der Waals surface area (Å²) in [5, 5.41) is 0.771. The van der Waals surface area contributed by atoms with Crippen molar-refractivity contribution in [3.8, 4) is 0 Å². The van der Waals surface area contributed by atoms with Gasteiger partial charge in [-0.2, -0.15) is 0 Å². The number of anilines is 2. The minimum absolute atomic E-state index is 0.0204. The lowest BCUT2D eigenvalue weighted by atomic mass is 10.1. The number of hydrogen-bond acceptors (Lipinski definition) is 6. The number of para-hydroxylation sites is 1. The predicted molar refractivity (Wildman–Crippen MR) is 117 cm³/mol. The molecule has 0 N–H and O–H groups in total. The number of carbonyl (C=O) groups is 1. The maximum absolute atomic E-state index is 13.5. The average molecular weight is 406 g/mol. The Morgan fingerprint density at radius 2 is 1.63 bits per heavy atom. The van der Waals surface area contributed by atoms with Crippen molar-refractivity contribution in [1.29, 1.82) is 0 Å². The molecule has 1 amide bonds. The van der Waals surface area contributed by atoms with Crippen LogP contribution in [0.1, 0.15) is 35.4 Å². The number of furan rings is 1. The molecule has 1 aromatic carbocycles. The summed E-state index contributed by atoms with van der Waals surface area (Å²) in [6, 6.07) is 10.4. The van der Waals surface area contributed by atoms with E-state index in [1.54, 1.807) is 6.33 Å². The summed E-state index contributed by atoms with van der Waals surface area (Å²) in [6.07, 6.45) is 5.08.